The maximum atomic E-state index is 13.0. The molecule has 1 aliphatic rings. The molecule has 0 amide bonds. The molecule has 0 N–H and O–H groups in total. The van der Waals surface area contributed by atoms with Crippen molar-refractivity contribution in [1.82, 2.24) is 14.3 Å². The minimum atomic E-state index is -3.46. The fourth-order valence-corrected chi connectivity index (χ4v) is 5.83. The number of rotatable bonds is 3. The number of aryl methyl sites for hydroxylation is 2. The van der Waals surface area contributed by atoms with Gasteiger partial charge < -0.3 is 4.90 Å². The number of fused-ring (bicyclic) bond motifs is 1. The third kappa shape index (κ3) is 3.08. The van der Waals surface area contributed by atoms with Gasteiger partial charge in [-0.15, -0.1) is 0 Å². The summed E-state index contributed by atoms with van der Waals surface area (Å²) >= 11 is 1.55. The molecule has 3 heterocycles. The number of anilines is 1. The summed E-state index contributed by atoms with van der Waals surface area (Å²) in [6, 6.07) is 9.30. The predicted molar refractivity (Wildman–Crippen MR) is 104 cm³/mol. The van der Waals surface area contributed by atoms with Crippen LogP contribution in [0.15, 0.2) is 41.4 Å². The first-order valence-electron chi connectivity index (χ1n) is 8.49. The van der Waals surface area contributed by atoms with E-state index < -0.39 is 10.0 Å². The van der Waals surface area contributed by atoms with E-state index >= 15 is 0 Å². The second-order valence-electron chi connectivity index (χ2n) is 6.48. The van der Waals surface area contributed by atoms with Gasteiger partial charge in [0.15, 0.2) is 5.13 Å². The van der Waals surface area contributed by atoms with Gasteiger partial charge in [-0.1, -0.05) is 29.0 Å². The molecule has 1 fully saturated rings. The SMILES string of the molecule is Cc1ccc(S(=O)(=O)N2CCN(c3nc4cccnc4s3)CC2)c(C)c1. The van der Waals surface area contributed by atoms with Gasteiger partial charge in [0.25, 0.3) is 0 Å². The van der Waals surface area contributed by atoms with Gasteiger partial charge in [0.2, 0.25) is 10.0 Å². The third-order valence-electron chi connectivity index (χ3n) is 4.61. The monoisotopic (exact) mass is 388 g/mol. The first kappa shape index (κ1) is 17.4. The van der Waals surface area contributed by atoms with Crippen molar-refractivity contribution in [2.45, 2.75) is 18.7 Å². The summed E-state index contributed by atoms with van der Waals surface area (Å²) in [6.45, 7) is 5.99. The highest BCUT2D eigenvalue weighted by Gasteiger charge is 2.30. The number of hydrogen-bond acceptors (Lipinski definition) is 6. The molecule has 0 radical (unpaired) electrons. The van der Waals surface area contributed by atoms with E-state index in [-0.39, 0.29) is 0 Å². The zero-order chi connectivity index (χ0) is 18.3. The van der Waals surface area contributed by atoms with E-state index in [0.29, 0.717) is 31.1 Å². The second kappa shape index (κ2) is 6.61. The molecule has 0 unspecified atom stereocenters. The number of nitrogens with zero attached hydrogens (tertiary/aromatic N) is 4. The molecule has 0 spiro atoms. The summed E-state index contributed by atoms with van der Waals surface area (Å²) in [5.41, 5.74) is 2.75. The van der Waals surface area contributed by atoms with Crippen LogP contribution >= 0.6 is 11.3 Å². The molecule has 0 bridgehead atoms. The van der Waals surface area contributed by atoms with Crippen molar-refractivity contribution >= 4 is 36.8 Å². The van der Waals surface area contributed by atoms with Gasteiger partial charge >= 0.3 is 0 Å². The number of sulfonamides is 1. The molecule has 26 heavy (non-hydrogen) atoms. The van der Waals surface area contributed by atoms with Crippen molar-refractivity contribution in [2.24, 2.45) is 0 Å². The van der Waals surface area contributed by atoms with Crippen molar-refractivity contribution in [3.63, 3.8) is 0 Å². The summed E-state index contributed by atoms with van der Waals surface area (Å²) in [4.78, 5) is 12.4. The average molecular weight is 389 g/mol. The second-order valence-corrected chi connectivity index (χ2v) is 9.35. The highest BCUT2D eigenvalue weighted by atomic mass is 32.2. The lowest BCUT2D eigenvalue weighted by molar-refractivity contribution is 0.384. The van der Waals surface area contributed by atoms with E-state index in [0.717, 1.165) is 26.6 Å². The van der Waals surface area contributed by atoms with Crippen LogP contribution in [0, 0.1) is 13.8 Å². The smallest absolute Gasteiger partial charge is 0.243 e. The fraction of sp³-hybridized carbons (Fsp3) is 0.333. The highest BCUT2D eigenvalue weighted by molar-refractivity contribution is 7.89. The normalized spacial score (nSPS) is 16.3. The lowest BCUT2D eigenvalue weighted by atomic mass is 10.2. The first-order chi connectivity index (χ1) is 12.4. The van der Waals surface area contributed by atoms with Crippen molar-refractivity contribution in [3.05, 3.63) is 47.7 Å². The lowest BCUT2D eigenvalue weighted by Crippen LogP contribution is -2.48. The number of piperazine rings is 1. The number of aromatic nitrogens is 2. The van der Waals surface area contributed by atoms with Crippen LogP contribution in [0.25, 0.3) is 10.3 Å². The van der Waals surface area contributed by atoms with Crippen LogP contribution in [0.2, 0.25) is 0 Å². The van der Waals surface area contributed by atoms with Gasteiger partial charge in [0.05, 0.1) is 4.90 Å². The van der Waals surface area contributed by atoms with Crippen LogP contribution in [-0.2, 0) is 10.0 Å². The largest absolute Gasteiger partial charge is 0.345 e. The Hall–Kier alpha value is -2.03. The van der Waals surface area contributed by atoms with Crippen molar-refractivity contribution in [1.29, 1.82) is 0 Å². The first-order valence-corrected chi connectivity index (χ1v) is 10.7. The Balaban J connectivity index is 1.52. The van der Waals surface area contributed by atoms with Crippen molar-refractivity contribution in [3.8, 4) is 0 Å². The maximum absolute atomic E-state index is 13.0. The van der Waals surface area contributed by atoms with Gasteiger partial charge in [0, 0.05) is 32.4 Å². The van der Waals surface area contributed by atoms with Crippen LogP contribution in [0.1, 0.15) is 11.1 Å². The minimum Gasteiger partial charge on any atom is -0.345 e. The molecule has 0 saturated carbocycles. The van der Waals surface area contributed by atoms with Gasteiger partial charge in [-0.3, -0.25) is 0 Å². The molecule has 0 atom stereocenters. The number of pyridine rings is 1. The standard InChI is InChI=1S/C18H20N4O2S2/c1-13-5-6-16(14(2)12-13)26(23,24)22-10-8-21(9-11-22)18-20-15-4-3-7-19-17(15)25-18/h3-7,12H,8-11H2,1-2H3. The molecule has 3 aromatic rings. The van der Waals surface area contributed by atoms with E-state index in [1.165, 1.54) is 0 Å². The van der Waals surface area contributed by atoms with Gasteiger partial charge in [0.1, 0.15) is 10.3 Å². The molecule has 6 nitrogen and oxygen atoms in total. The zero-order valence-electron chi connectivity index (χ0n) is 14.7. The molecular formula is C18H20N4O2S2. The Kier molecular flexibility index (Phi) is 4.42. The molecule has 4 rings (SSSR count). The van der Waals surface area contributed by atoms with E-state index in [1.807, 2.05) is 38.1 Å². The molecular weight excluding hydrogens is 368 g/mol. The molecule has 2 aromatic heterocycles. The summed E-state index contributed by atoms with van der Waals surface area (Å²) in [5.74, 6) is 0. The van der Waals surface area contributed by atoms with Crippen LogP contribution in [0.4, 0.5) is 5.13 Å². The van der Waals surface area contributed by atoms with E-state index in [9.17, 15) is 8.42 Å². The lowest BCUT2D eigenvalue weighted by Gasteiger charge is -2.34. The third-order valence-corrected chi connectivity index (χ3v) is 7.71. The maximum Gasteiger partial charge on any atom is 0.243 e. The fourth-order valence-electron chi connectivity index (χ4n) is 3.24. The van der Waals surface area contributed by atoms with Crippen LogP contribution in [0.5, 0.6) is 0 Å². The molecule has 0 aliphatic carbocycles. The molecule has 1 saturated heterocycles. The number of thiazole rings is 1. The number of benzene rings is 1. The van der Waals surface area contributed by atoms with Crippen molar-refractivity contribution in [2.75, 3.05) is 31.1 Å². The predicted octanol–water partition coefficient (Wildman–Crippen LogP) is 2.82. The molecule has 1 aromatic carbocycles. The van der Waals surface area contributed by atoms with Crippen LogP contribution < -0.4 is 4.90 Å². The van der Waals surface area contributed by atoms with Crippen LogP contribution in [-0.4, -0.2) is 48.9 Å². The van der Waals surface area contributed by atoms with Crippen molar-refractivity contribution < 1.29 is 8.42 Å². The molecule has 8 heteroatoms. The van der Waals surface area contributed by atoms with Gasteiger partial charge in [-0.05, 0) is 37.6 Å². The summed E-state index contributed by atoms with van der Waals surface area (Å²) < 4.78 is 27.6. The van der Waals surface area contributed by atoms with Crippen LogP contribution in [0.3, 0.4) is 0 Å². The Bertz CT molecular complexity index is 1020. The van der Waals surface area contributed by atoms with E-state index in [1.54, 1.807) is 27.9 Å². The van der Waals surface area contributed by atoms with Gasteiger partial charge in [-0.25, -0.2) is 18.4 Å². The Labute approximate surface area is 157 Å². The Morgan fingerprint density at radius 2 is 1.85 bits per heavy atom. The number of hydrogen-bond donors (Lipinski definition) is 0. The highest BCUT2D eigenvalue weighted by Crippen LogP contribution is 2.29. The zero-order valence-corrected chi connectivity index (χ0v) is 16.3. The molecule has 1 aliphatic heterocycles. The topological polar surface area (TPSA) is 66.4 Å². The summed E-state index contributed by atoms with van der Waals surface area (Å²) in [6.07, 6.45) is 1.76. The molecule has 136 valence electrons. The van der Waals surface area contributed by atoms with E-state index in [2.05, 4.69) is 14.9 Å². The summed E-state index contributed by atoms with van der Waals surface area (Å²) in [5, 5.41) is 0.905. The summed E-state index contributed by atoms with van der Waals surface area (Å²) in [7, 11) is -3.46. The minimum absolute atomic E-state index is 0.403. The Morgan fingerprint density at radius 1 is 1.08 bits per heavy atom. The average Bonchev–Trinajstić information content (AvgIpc) is 3.05. The Morgan fingerprint density at radius 3 is 2.54 bits per heavy atom. The van der Waals surface area contributed by atoms with E-state index in [4.69, 9.17) is 0 Å². The quantitative estimate of drug-likeness (QED) is 0.690. The van der Waals surface area contributed by atoms with Gasteiger partial charge in [-0.2, -0.15) is 4.31 Å².